The Morgan fingerprint density at radius 1 is 1.20 bits per heavy atom. The molecule has 0 bridgehead atoms. The van der Waals surface area contributed by atoms with Gasteiger partial charge in [-0.25, -0.2) is 4.79 Å². The van der Waals surface area contributed by atoms with Crippen molar-refractivity contribution in [1.29, 1.82) is 5.26 Å². The van der Waals surface area contributed by atoms with Gasteiger partial charge in [-0.3, -0.25) is 9.69 Å². The molecule has 1 aliphatic rings. The average molecular weight is 342 g/mol. The van der Waals surface area contributed by atoms with Crippen molar-refractivity contribution in [2.45, 2.75) is 44.9 Å². The number of nitriles is 1. The van der Waals surface area contributed by atoms with Gasteiger partial charge < -0.3 is 11.1 Å². The van der Waals surface area contributed by atoms with Crippen LogP contribution in [0.1, 0.15) is 50.5 Å². The van der Waals surface area contributed by atoms with Crippen LogP contribution in [0, 0.1) is 17.2 Å². The van der Waals surface area contributed by atoms with Crippen LogP contribution in [-0.4, -0.2) is 29.9 Å². The lowest BCUT2D eigenvalue weighted by Crippen LogP contribution is -2.43. The predicted octanol–water partition coefficient (Wildman–Crippen LogP) is 3.24. The number of nitrogens with one attached hydrogen (secondary N) is 1. The molecule has 25 heavy (non-hydrogen) atoms. The van der Waals surface area contributed by atoms with Crippen molar-refractivity contribution in [2.75, 3.05) is 18.4 Å². The van der Waals surface area contributed by atoms with E-state index in [4.69, 9.17) is 11.0 Å². The molecule has 3 amide bonds. The van der Waals surface area contributed by atoms with Gasteiger partial charge in [0.05, 0.1) is 11.6 Å². The Balaban J connectivity index is 1.77. The Morgan fingerprint density at radius 3 is 2.48 bits per heavy atom. The third kappa shape index (κ3) is 6.11. The van der Waals surface area contributed by atoms with Crippen molar-refractivity contribution < 1.29 is 9.59 Å². The van der Waals surface area contributed by atoms with Gasteiger partial charge in [0.1, 0.15) is 0 Å². The summed E-state index contributed by atoms with van der Waals surface area (Å²) in [5, 5.41) is 11.9. The van der Waals surface area contributed by atoms with Crippen molar-refractivity contribution in [3.63, 3.8) is 0 Å². The van der Waals surface area contributed by atoms with Gasteiger partial charge in [-0.05, 0) is 36.6 Å². The van der Waals surface area contributed by atoms with Crippen LogP contribution in [0.5, 0.6) is 0 Å². The number of nitrogens with zero attached hydrogens (tertiary/aromatic N) is 2. The number of hydrogen-bond donors (Lipinski definition) is 2. The minimum absolute atomic E-state index is 0.195. The van der Waals surface area contributed by atoms with Crippen molar-refractivity contribution >= 4 is 17.6 Å². The van der Waals surface area contributed by atoms with E-state index in [1.54, 1.807) is 24.3 Å². The highest BCUT2D eigenvalue weighted by Gasteiger charge is 2.21. The summed E-state index contributed by atoms with van der Waals surface area (Å²) < 4.78 is 0. The molecule has 134 valence electrons. The molecule has 0 aliphatic heterocycles. The molecule has 6 heteroatoms. The highest BCUT2D eigenvalue weighted by Crippen LogP contribution is 2.27. The van der Waals surface area contributed by atoms with Gasteiger partial charge in [0.25, 0.3) is 0 Å². The molecule has 0 spiro atoms. The molecule has 1 aromatic carbocycles. The summed E-state index contributed by atoms with van der Waals surface area (Å²) in [7, 11) is 0. The van der Waals surface area contributed by atoms with Gasteiger partial charge in [-0.1, -0.05) is 32.1 Å². The van der Waals surface area contributed by atoms with Gasteiger partial charge in [-0.2, -0.15) is 5.26 Å². The number of imide groups is 1. The second-order valence-electron chi connectivity index (χ2n) is 6.54. The molecule has 2 rings (SSSR count). The average Bonchev–Trinajstić information content (AvgIpc) is 2.64. The van der Waals surface area contributed by atoms with Crippen LogP contribution >= 0.6 is 0 Å². The molecule has 1 saturated carbocycles. The highest BCUT2D eigenvalue weighted by atomic mass is 16.2. The monoisotopic (exact) mass is 342 g/mol. The maximum absolute atomic E-state index is 12.3. The van der Waals surface area contributed by atoms with Crippen molar-refractivity contribution in [1.82, 2.24) is 4.90 Å². The predicted molar refractivity (Wildman–Crippen MR) is 96.8 cm³/mol. The largest absolute Gasteiger partial charge is 0.383 e. The van der Waals surface area contributed by atoms with E-state index in [0.717, 1.165) is 17.0 Å². The van der Waals surface area contributed by atoms with Gasteiger partial charge in [0, 0.05) is 25.2 Å². The normalized spacial score (nSPS) is 14.5. The molecule has 0 aromatic heterocycles. The number of primary amides is 1. The third-order valence-corrected chi connectivity index (χ3v) is 4.74. The molecule has 1 aromatic rings. The Bertz CT molecular complexity index is 615. The smallest absolute Gasteiger partial charge is 0.321 e. The molecule has 1 aliphatic carbocycles. The van der Waals surface area contributed by atoms with Gasteiger partial charge >= 0.3 is 6.03 Å². The van der Waals surface area contributed by atoms with Crippen LogP contribution in [0.2, 0.25) is 0 Å². The van der Waals surface area contributed by atoms with E-state index >= 15 is 0 Å². The molecule has 1 fully saturated rings. The first kappa shape index (κ1) is 18.8. The van der Waals surface area contributed by atoms with E-state index in [1.165, 1.54) is 32.1 Å². The fourth-order valence-corrected chi connectivity index (χ4v) is 3.27. The van der Waals surface area contributed by atoms with Crippen molar-refractivity contribution in [3.05, 3.63) is 29.8 Å². The summed E-state index contributed by atoms with van der Waals surface area (Å²) in [5.41, 5.74) is 6.78. The maximum atomic E-state index is 12.3. The Hall–Kier alpha value is -2.55. The lowest BCUT2D eigenvalue weighted by molar-refractivity contribution is -0.128. The fraction of sp³-hybridized carbons (Fsp3) is 0.526. The van der Waals surface area contributed by atoms with E-state index in [2.05, 4.69) is 11.4 Å². The van der Waals surface area contributed by atoms with E-state index in [-0.39, 0.29) is 12.5 Å². The Morgan fingerprint density at radius 2 is 1.88 bits per heavy atom. The van der Waals surface area contributed by atoms with Gasteiger partial charge in [0.15, 0.2) is 0 Å². The van der Waals surface area contributed by atoms with Gasteiger partial charge in [-0.15, -0.1) is 0 Å². The Kier molecular flexibility index (Phi) is 7.27. The number of benzene rings is 1. The molecule has 0 radical (unpaired) electrons. The summed E-state index contributed by atoms with van der Waals surface area (Å²) in [4.78, 5) is 25.0. The van der Waals surface area contributed by atoms with Crippen LogP contribution in [0.4, 0.5) is 10.5 Å². The standard InChI is InChI=1S/C19H26N4O2/c20-14-16-6-9-17(10-7-16)22-12-13-23(19(21)25)18(24)11-8-15-4-2-1-3-5-15/h6-7,9-10,15,22H,1-5,8,11-13H2,(H2,21,25). The number of rotatable bonds is 7. The molecule has 0 unspecified atom stereocenters. The topological polar surface area (TPSA) is 99.2 Å². The first-order chi connectivity index (χ1) is 12.1. The van der Waals surface area contributed by atoms with Crippen LogP contribution in [0.15, 0.2) is 24.3 Å². The molecule has 6 nitrogen and oxygen atoms in total. The number of amides is 3. The molecule has 0 atom stereocenters. The number of carbonyl (C=O) groups is 2. The van der Waals surface area contributed by atoms with Gasteiger partial charge in [0.2, 0.25) is 5.91 Å². The van der Waals surface area contributed by atoms with Crippen molar-refractivity contribution in [3.8, 4) is 6.07 Å². The zero-order valence-corrected chi connectivity index (χ0v) is 14.5. The van der Waals surface area contributed by atoms with Crippen LogP contribution < -0.4 is 11.1 Å². The molecule has 0 saturated heterocycles. The minimum atomic E-state index is -0.699. The van der Waals surface area contributed by atoms with E-state index in [9.17, 15) is 9.59 Å². The first-order valence-electron chi connectivity index (χ1n) is 8.94. The SMILES string of the molecule is N#Cc1ccc(NCCN(C(N)=O)C(=O)CCC2CCCCC2)cc1. The third-order valence-electron chi connectivity index (χ3n) is 4.74. The zero-order valence-electron chi connectivity index (χ0n) is 14.5. The van der Waals surface area contributed by atoms with E-state index in [1.807, 2.05) is 0 Å². The fourth-order valence-electron chi connectivity index (χ4n) is 3.27. The second-order valence-corrected chi connectivity index (χ2v) is 6.54. The van der Waals surface area contributed by atoms with Crippen LogP contribution in [0.3, 0.4) is 0 Å². The lowest BCUT2D eigenvalue weighted by Gasteiger charge is -2.23. The molecule has 3 N–H and O–H groups in total. The number of hydrogen-bond acceptors (Lipinski definition) is 4. The number of carbonyl (C=O) groups excluding carboxylic acids is 2. The number of anilines is 1. The maximum Gasteiger partial charge on any atom is 0.321 e. The molecular weight excluding hydrogens is 316 g/mol. The zero-order chi connectivity index (χ0) is 18.1. The quantitative estimate of drug-likeness (QED) is 0.794. The van der Waals surface area contributed by atoms with E-state index in [0.29, 0.717) is 24.4 Å². The summed E-state index contributed by atoms with van der Waals surface area (Å²) in [5.74, 6) is 0.406. The second kappa shape index (κ2) is 9.67. The summed E-state index contributed by atoms with van der Waals surface area (Å²) in [6.45, 7) is 0.656. The number of urea groups is 1. The first-order valence-corrected chi connectivity index (χ1v) is 8.94. The molecule has 0 heterocycles. The van der Waals surface area contributed by atoms with Crippen molar-refractivity contribution in [2.24, 2.45) is 11.7 Å². The van der Waals surface area contributed by atoms with Crippen LogP contribution in [0.25, 0.3) is 0 Å². The summed E-state index contributed by atoms with van der Waals surface area (Å²) in [6, 6.07) is 8.36. The highest BCUT2D eigenvalue weighted by molar-refractivity contribution is 5.93. The lowest BCUT2D eigenvalue weighted by atomic mass is 9.86. The summed E-state index contributed by atoms with van der Waals surface area (Å²) >= 11 is 0. The van der Waals surface area contributed by atoms with Crippen LogP contribution in [-0.2, 0) is 4.79 Å². The van der Waals surface area contributed by atoms with E-state index < -0.39 is 6.03 Å². The number of nitrogens with two attached hydrogens (primary N) is 1. The molecular formula is C19H26N4O2. The minimum Gasteiger partial charge on any atom is -0.383 e. The Labute approximate surface area is 149 Å². The summed E-state index contributed by atoms with van der Waals surface area (Å²) in [6.07, 6.45) is 7.36.